The number of sulfonamides is 1. The van der Waals surface area contributed by atoms with Crippen LogP contribution in [0.4, 0.5) is 17.1 Å². The van der Waals surface area contributed by atoms with Gasteiger partial charge in [-0.15, -0.1) is 0 Å². The van der Waals surface area contributed by atoms with Crippen molar-refractivity contribution in [1.82, 2.24) is 4.31 Å². The van der Waals surface area contributed by atoms with Crippen molar-refractivity contribution in [3.8, 4) is 5.75 Å². The average molecular weight is 491 g/mol. The molecule has 3 rings (SSSR count). The van der Waals surface area contributed by atoms with Crippen molar-refractivity contribution in [3.63, 3.8) is 0 Å². The first-order valence-electron chi connectivity index (χ1n) is 11.2. The molecule has 11 heteroatoms. The molecular weight excluding hydrogens is 460 g/mol. The number of anilines is 2. The van der Waals surface area contributed by atoms with Crippen LogP contribution in [0.25, 0.3) is 0 Å². The van der Waals surface area contributed by atoms with Gasteiger partial charge in [-0.25, -0.2) is 8.42 Å². The Kier molecular flexibility index (Phi) is 8.46. The number of methoxy groups -OCH3 is 1. The number of benzene rings is 2. The molecule has 0 spiro atoms. The van der Waals surface area contributed by atoms with Crippen LogP contribution in [0, 0.1) is 10.1 Å². The molecule has 0 unspecified atom stereocenters. The first-order chi connectivity index (χ1) is 16.3. The largest absolute Gasteiger partial charge is 0.495 e. The van der Waals surface area contributed by atoms with Crippen molar-refractivity contribution in [3.05, 3.63) is 52.6 Å². The molecular formula is C23H30N4O6S. The quantitative estimate of drug-likeness (QED) is 0.421. The van der Waals surface area contributed by atoms with Gasteiger partial charge < -0.3 is 15.0 Å². The van der Waals surface area contributed by atoms with Gasteiger partial charge in [-0.3, -0.25) is 14.9 Å². The molecule has 1 heterocycles. The SMILES string of the molecule is CCN(CC(=O)Nc1ccccc1OC)c1ccc(S(=O)(=O)N2CCCCCC2)cc1[N+](=O)[O-]. The highest BCUT2D eigenvalue weighted by molar-refractivity contribution is 7.89. The van der Waals surface area contributed by atoms with Crippen LogP contribution in [0.3, 0.4) is 0 Å². The van der Waals surface area contributed by atoms with E-state index >= 15 is 0 Å². The third-order valence-corrected chi connectivity index (χ3v) is 7.68. The molecule has 0 radical (unpaired) electrons. The minimum Gasteiger partial charge on any atom is -0.495 e. The van der Waals surface area contributed by atoms with Crippen LogP contribution in [0.1, 0.15) is 32.6 Å². The Morgan fingerprint density at radius 3 is 2.44 bits per heavy atom. The maximum Gasteiger partial charge on any atom is 0.293 e. The number of rotatable bonds is 9. The fourth-order valence-electron chi connectivity index (χ4n) is 3.99. The lowest BCUT2D eigenvalue weighted by atomic mass is 10.2. The molecule has 184 valence electrons. The van der Waals surface area contributed by atoms with E-state index in [9.17, 15) is 23.3 Å². The number of nitro benzene ring substituents is 1. The number of carbonyl (C=O) groups is 1. The molecule has 34 heavy (non-hydrogen) atoms. The maximum absolute atomic E-state index is 13.1. The molecule has 2 aromatic rings. The van der Waals surface area contributed by atoms with Gasteiger partial charge in [0.2, 0.25) is 15.9 Å². The van der Waals surface area contributed by atoms with Crippen LogP contribution in [0.15, 0.2) is 47.4 Å². The number of nitrogens with zero attached hydrogens (tertiary/aromatic N) is 3. The zero-order chi connectivity index (χ0) is 24.7. The van der Waals surface area contributed by atoms with Gasteiger partial charge in [0.15, 0.2) is 0 Å². The van der Waals surface area contributed by atoms with Crippen molar-refractivity contribution in [1.29, 1.82) is 0 Å². The molecule has 1 fully saturated rings. The van der Waals surface area contributed by atoms with E-state index in [2.05, 4.69) is 5.32 Å². The topological polar surface area (TPSA) is 122 Å². The van der Waals surface area contributed by atoms with Gasteiger partial charge in [0.05, 0.1) is 29.2 Å². The molecule has 1 amide bonds. The summed E-state index contributed by atoms with van der Waals surface area (Å²) in [5, 5.41) is 14.6. The molecule has 0 aromatic heterocycles. The van der Waals surface area contributed by atoms with E-state index in [1.807, 2.05) is 0 Å². The second kappa shape index (κ2) is 11.3. The van der Waals surface area contributed by atoms with E-state index in [1.165, 1.54) is 28.4 Å². The van der Waals surface area contributed by atoms with Crippen LogP contribution in [0.2, 0.25) is 0 Å². The Labute approximate surface area is 199 Å². The standard InChI is InChI=1S/C23H30N4O6S/c1-3-25(17-23(28)24-19-10-6-7-11-22(19)33-2)20-13-12-18(16-21(20)27(29)30)34(31,32)26-14-8-4-5-9-15-26/h6-7,10-13,16H,3-5,8-9,14-15,17H2,1-2H3,(H,24,28). The summed E-state index contributed by atoms with van der Waals surface area (Å²) in [6, 6.07) is 10.8. The Hall–Kier alpha value is -3.18. The molecule has 1 saturated heterocycles. The van der Waals surface area contributed by atoms with Crippen molar-refractivity contribution in [2.75, 3.05) is 43.5 Å². The first kappa shape index (κ1) is 25.4. The van der Waals surface area contributed by atoms with Gasteiger partial charge in [0.25, 0.3) is 5.69 Å². The van der Waals surface area contributed by atoms with E-state index in [0.29, 0.717) is 31.1 Å². The third kappa shape index (κ3) is 5.84. The van der Waals surface area contributed by atoms with Crippen LogP contribution in [0.5, 0.6) is 5.75 Å². The molecule has 1 aliphatic heterocycles. The number of nitro groups is 1. The Balaban J connectivity index is 1.85. The van der Waals surface area contributed by atoms with E-state index in [-0.39, 0.29) is 28.7 Å². The van der Waals surface area contributed by atoms with Gasteiger partial charge in [0.1, 0.15) is 11.4 Å². The summed E-state index contributed by atoms with van der Waals surface area (Å²) in [6.07, 6.45) is 3.47. The molecule has 1 aliphatic rings. The fraction of sp³-hybridized carbons (Fsp3) is 0.435. The number of hydrogen-bond donors (Lipinski definition) is 1. The Morgan fingerprint density at radius 1 is 1.15 bits per heavy atom. The number of nitrogens with one attached hydrogen (secondary N) is 1. The molecule has 1 N–H and O–H groups in total. The monoisotopic (exact) mass is 490 g/mol. The third-order valence-electron chi connectivity index (χ3n) is 5.78. The van der Waals surface area contributed by atoms with E-state index in [1.54, 1.807) is 31.2 Å². The minimum absolute atomic E-state index is 0.112. The maximum atomic E-state index is 13.1. The van der Waals surface area contributed by atoms with E-state index < -0.39 is 14.9 Å². The number of ether oxygens (including phenoxy) is 1. The lowest BCUT2D eigenvalue weighted by Crippen LogP contribution is -2.34. The van der Waals surface area contributed by atoms with E-state index in [4.69, 9.17) is 4.74 Å². The van der Waals surface area contributed by atoms with Gasteiger partial charge in [-0.05, 0) is 44.0 Å². The number of likely N-dealkylation sites (N-methyl/N-ethyl adjacent to an activating group) is 1. The van der Waals surface area contributed by atoms with Crippen molar-refractivity contribution >= 4 is 33.0 Å². The number of amides is 1. The summed E-state index contributed by atoms with van der Waals surface area (Å²) in [7, 11) is -2.35. The van der Waals surface area contributed by atoms with Crippen LogP contribution in [-0.2, 0) is 14.8 Å². The predicted octanol–water partition coefficient (Wildman–Crippen LogP) is 3.63. The molecule has 2 aromatic carbocycles. The smallest absolute Gasteiger partial charge is 0.293 e. The second-order valence-electron chi connectivity index (χ2n) is 7.99. The summed E-state index contributed by atoms with van der Waals surface area (Å²) < 4.78 is 32.9. The van der Waals surface area contributed by atoms with Crippen LogP contribution in [-0.4, -0.2) is 56.8 Å². The van der Waals surface area contributed by atoms with E-state index in [0.717, 1.165) is 31.7 Å². The summed E-state index contributed by atoms with van der Waals surface area (Å²) in [6.45, 7) is 2.72. The second-order valence-corrected chi connectivity index (χ2v) is 9.93. The normalized spacial score (nSPS) is 14.8. The molecule has 0 saturated carbocycles. The van der Waals surface area contributed by atoms with Gasteiger partial charge in [-0.1, -0.05) is 25.0 Å². The Bertz CT molecular complexity index is 1130. The molecule has 10 nitrogen and oxygen atoms in total. The van der Waals surface area contributed by atoms with Gasteiger partial charge in [-0.2, -0.15) is 4.31 Å². The average Bonchev–Trinajstić information content (AvgIpc) is 3.13. The van der Waals surface area contributed by atoms with Crippen LogP contribution >= 0.6 is 0 Å². The highest BCUT2D eigenvalue weighted by Gasteiger charge is 2.29. The van der Waals surface area contributed by atoms with Crippen molar-refractivity contribution < 1.29 is 22.9 Å². The zero-order valence-corrected chi connectivity index (χ0v) is 20.2. The zero-order valence-electron chi connectivity index (χ0n) is 19.4. The Morgan fingerprint density at radius 2 is 1.82 bits per heavy atom. The summed E-state index contributed by atoms with van der Waals surface area (Å²) in [4.78, 5) is 25.4. The molecule has 0 bridgehead atoms. The van der Waals surface area contributed by atoms with Crippen molar-refractivity contribution in [2.24, 2.45) is 0 Å². The summed E-state index contributed by atoms with van der Waals surface area (Å²) in [5.41, 5.74) is 0.305. The van der Waals surface area contributed by atoms with Gasteiger partial charge >= 0.3 is 0 Å². The lowest BCUT2D eigenvalue weighted by molar-refractivity contribution is -0.384. The summed E-state index contributed by atoms with van der Waals surface area (Å²) in [5.74, 6) is 0.106. The molecule has 0 aliphatic carbocycles. The highest BCUT2D eigenvalue weighted by atomic mass is 32.2. The predicted molar refractivity (Wildman–Crippen MR) is 130 cm³/mol. The number of hydrogen-bond acceptors (Lipinski definition) is 7. The molecule has 0 atom stereocenters. The number of carbonyl (C=O) groups excluding carboxylic acids is 1. The minimum atomic E-state index is -3.84. The van der Waals surface area contributed by atoms with Gasteiger partial charge in [0, 0.05) is 25.7 Å². The fourth-order valence-corrected chi connectivity index (χ4v) is 5.52. The summed E-state index contributed by atoms with van der Waals surface area (Å²) >= 11 is 0. The lowest BCUT2D eigenvalue weighted by Gasteiger charge is -2.24. The highest BCUT2D eigenvalue weighted by Crippen LogP contribution is 2.32. The van der Waals surface area contributed by atoms with Crippen molar-refractivity contribution in [2.45, 2.75) is 37.5 Å². The number of para-hydroxylation sites is 2. The van der Waals surface area contributed by atoms with Crippen LogP contribution < -0.4 is 15.0 Å². The first-order valence-corrected chi connectivity index (χ1v) is 12.7.